The van der Waals surface area contributed by atoms with Crippen molar-refractivity contribution in [3.8, 4) is 0 Å². The van der Waals surface area contributed by atoms with E-state index in [9.17, 15) is 9.46 Å². The number of quaternary nitrogens is 1. The van der Waals surface area contributed by atoms with Crippen molar-refractivity contribution in [2.75, 3.05) is 66.1 Å². The van der Waals surface area contributed by atoms with Crippen molar-refractivity contribution < 1.29 is 32.5 Å². The fourth-order valence-corrected chi connectivity index (χ4v) is 7.96. The Balaban J connectivity index is 3.64. The summed E-state index contributed by atoms with van der Waals surface area (Å²) in [6.07, 6.45) is 36.9. The van der Waals surface area contributed by atoms with Crippen molar-refractivity contribution in [1.82, 2.24) is 0 Å². The first-order valence-corrected chi connectivity index (χ1v) is 23.9. The molecule has 0 rings (SSSR count). The van der Waals surface area contributed by atoms with E-state index in [-0.39, 0.29) is 19.3 Å². The van der Waals surface area contributed by atoms with Crippen LogP contribution in [0.1, 0.15) is 187 Å². The van der Waals surface area contributed by atoms with Gasteiger partial charge in [-0.2, -0.15) is 11.8 Å². The molecule has 0 saturated carbocycles. The minimum absolute atomic E-state index is 0.0646. The maximum atomic E-state index is 12.1. The number of methoxy groups -OCH3 is 1. The third kappa shape index (κ3) is 38.1. The van der Waals surface area contributed by atoms with Gasteiger partial charge in [-0.3, -0.25) is 9.05 Å². The zero-order chi connectivity index (χ0) is 37.0. The Morgan fingerprint density at radius 1 is 0.580 bits per heavy atom. The molecule has 0 bridgehead atoms. The number of thioether (sulfide) groups is 1. The summed E-state index contributed by atoms with van der Waals surface area (Å²) in [4.78, 5) is 9.91. The van der Waals surface area contributed by atoms with Crippen molar-refractivity contribution in [2.24, 2.45) is 0 Å². The van der Waals surface area contributed by atoms with E-state index in [4.69, 9.17) is 18.5 Å². The minimum atomic E-state index is -4.04. The smallest absolute Gasteiger partial charge is 0.378 e. The normalized spacial score (nSPS) is 14.6. The molecular weight excluding hydrogens is 665 g/mol. The predicted molar refractivity (Wildman–Crippen MR) is 218 cm³/mol. The average Bonchev–Trinajstić information content (AvgIpc) is 3.07. The topological polar surface area (TPSA) is 74.2 Å². The van der Waals surface area contributed by atoms with E-state index in [0.717, 1.165) is 18.1 Å². The third-order valence-electron chi connectivity index (χ3n) is 9.62. The highest BCUT2D eigenvalue weighted by atomic mass is 32.2. The number of hydrogen-bond donors (Lipinski definition) is 1. The molecule has 302 valence electrons. The summed E-state index contributed by atoms with van der Waals surface area (Å²) < 4.78 is 34.8. The first kappa shape index (κ1) is 50.3. The summed E-state index contributed by atoms with van der Waals surface area (Å²) >= 11 is 1.83. The number of likely N-dealkylation sites (N-methyl/N-ethyl adjacent to an activating group) is 1. The van der Waals surface area contributed by atoms with Crippen LogP contribution < -0.4 is 0 Å². The highest BCUT2D eigenvalue weighted by Crippen LogP contribution is 2.43. The van der Waals surface area contributed by atoms with Gasteiger partial charge in [-0.25, -0.2) is 4.57 Å². The second-order valence-electron chi connectivity index (χ2n) is 15.7. The van der Waals surface area contributed by atoms with Crippen molar-refractivity contribution in [1.29, 1.82) is 0 Å². The molecule has 0 spiro atoms. The zero-order valence-electron chi connectivity index (χ0n) is 34.3. The van der Waals surface area contributed by atoms with Gasteiger partial charge in [0.05, 0.1) is 40.0 Å². The Bertz CT molecular complexity index is 740. The summed E-state index contributed by atoms with van der Waals surface area (Å²) in [5.74, 6) is 1.83. The number of nitrogens with zero attached hydrogens (tertiary/aromatic N) is 1. The fourth-order valence-electron chi connectivity index (χ4n) is 6.15. The number of unbranched alkanes of at least 4 members (excludes halogenated alkanes) is 22. The van der Waals surface area contributed by atoms with Crippen molar-refractivity contribution in [3.05, 3.63) is 0 Å². The lowest BCUT2D eigenvalue weighted by molar-refractivity contribution is -0.870. The molecule has 9 heteroatoms. The molecule has 0 aliphatic rings. The Labute approximate surface area is 316 Å². The van der Waals surface area contributed by atoms with Crippen molar-refractivity contribution >= 4 is 19.6 Å². The van der Waals surface area contributed by atoms with Crippen LogP contribution in [-0.2, 0) is 23.1 Å². The first-order chi connectivity index (χ1) is 24.1. The SMILES string of the molecule is CCCCCCCCCCCCCCOC(CCCC)CCCCCCCCCCCCCSCC(COP(=O)(O)OCC[N+](C)(C)C)OC. The maximum absolute atomic E-state index is 12.1. The van der Waals surface area contributed by atoms with Crippen LogP contribution in [0.3, 0.4) is 0 Å². The van der Waals surface area contributed by atoms with Gasteiger partial charge in [0.1, 0.15) is 13.2 Å². The van der Waals surface area contributed by atoms with Crippen LogP contribution in [0.2, 0.25) is 0 Å². The second-order valence-corrected chi connectivity index (χ2v) is 18.3. The van der Waals surface area contributed by atoms with Crippen LogP contribution in [0, 0.1) is 0 Å². The Morgan fingerprint density at radius 2 is 1.04 bits per heavy atom. The second kappa shape index (κ2) is 36.3. The average molecular weight is 753 g/mol. The molecule has 0 radical (unpaired) electrons. The third-order valence-corrected chi connectivity index (χ3v) is 11.8. The molecule has 1 N–H and O–H groups in total. The van der Waals surface area contributed by atoms with Gasteiger partial charge in [0, 0.05) is 19.5 Å². The van der Waals surface area contributed by atoms with E-state index in [1.165, 1.54) is 173 Å². The van der Waals surface area contributed by atoms with Gasteiger partial charge in [0.2, 0.25) is 0 Å². The molecule has 0 amide bonds. The van der Waals surface area contributed by atoms with Crippen LogP contribution in [0.15, 0.2) is 0 Å². The van der Waals surface area contributed by atoms with Crippen LogP contribution in [0.4, 0.5) is 0 Å². The molecule has 50 heavy (non-hydrogen) atoms. The van der Waals surface area contributed by atoms with Gasteiger partial charge < -0.3 is 18.9 Å². The number of rotatable bonds is 41. The summed E-state index contributed by atoms with van der Waals surface area (Å²) in [7, 11) is 3.60. The first-order valence-electron chi connectivity index (χ1n) is 21.3. The highest BCUT2D eigenvalue weighted by Gasteiger charge is 2.24. The Kier molecular flexibility index (Phi) is 36.6. The maximum Gasteiger partial charge on any atom is 0.472 e. The lowest BCUT2D eigenvalue weighted by Gasteiger charge is -2.24. The molecule has 0 aromatic heterocycles. The largest absolute Gasteiger partial charge is 0.472 e. The summed E-state index contributed by atoms with van der Waals surface area (Å²) in [6.45, 7) is 6.44. The highest BCUT2D eigenvalue weighted by molar-refractivity contribution is 7.99. The van der Waals surface area contributed by atoms with E-state index in [0.29, 0.717) is 17.1 Å². The minimum Gasteiger partial charge on any atom is -0.378 e. The number of ether oxygens (including phenoxy) is 2. The van der Waals surface area contributed by atoms with E-state index >= 15 is 0 Å². The number of phosphoric acid groups is 1. The van der Waals surface area contributed by atoms with E-state index < -0.39 is 7.82 Å². The fraction of sp³-hybridized carbons (Fsp3) is 1.00. The van der Waals surface area contributed by atoms with Gasteiger partial charge in [-0.1, -0.05) is 162 Å². The summed E-state index contributed by atoms with van der Waals surface area (Å²) in [5, 5.41) is 0. The zero-order valence-corrected chi connectivity index (χ0v) is 36.0. The van der Waals surface area contributed by atoms with Crippen LogP contribution in [-0.4, -0.2) is 87.7 Å². The monoisotopic (exact) mass is 753 g/mol. The molecule has 0 fully saturated rings. The predicted octanol–water partition coefficient (Wildman–Crippen LogP) is 12.5. The molecule has 0 aliphatic heterocycles. The van der Waals surface area contributed by atoms with Gasteiger partial charge in [-0.05, 0) is 31.4 Å². The van der Waals surface area contributed by atoms with Crippen LogP contribution >= 0.6 is 19.6 Å². The standard InChI is InChI=1S/C41H86NO6PS/c1-7-9-11-12-13-14-15-18-21-24-27-30-35-46-40(32-10-8-2)33-29-26-23-20-17-16-19-22-25-28-31-37-50-39-41(45-6)38-48-49(43,44)47-36-34-42(3,4)5/h40-41H,7-39H2,1-6H3/p+1. The lowest BCUT2D eigenvalue weighted by atomic mass is 10.0. The van der Waals surface area contributed by atoms with Gasteiger partial charge in [0.25, 0.3) is 0 Å². The molecule has 3 unspecified atom stereocenters. The van der Waals surface area contributed by atoms with E-state index in [1.54, 1.807) is 7.11 Å². The van der Waals surface area contributed by atoms with Crippen molar-refractivity contribution in [3.63, 3.8) is 0 Å². The van der Waals surface area contributed by atoms with Crippen molar-refractivity contribution in [2.45, 2.75) is 199 Å². The molecule has 7 nitrogen and oxygen atoms in total. The number of phosphoric ester groups is 1. The van der Waals surface area contributed by atoms with E-state index in [2.05, 4.69) is 13.8 Å². The molecule has 0 heterocycles. The lowest BCUT2D eigenvalue weighted by Crippen LogP contribution is -2.37. The Morgan fingerprint density at radius 3 is 1.54 bits per heavy atom. The summed E-state index contributed by atoms with van der Waals surface area (Å²) in [5.41, 5.74) is 0. The molecular formula is C41H87NO6PS+. The van der Waals surface area contributed by atoms with Gasteiger partial charge in [-0.15, -0.1) is 0 Å². The molecule has 0 saturated heterocycles. The van der Waals surface area contributed by atoms with Crippen LogP contribution in [0.5, 0.6) is 0 Å². The molecule has 0 aromatic carbocycles. The van der Waals surface area contributed by atoms with Crippen LogP contribution in [0.25, 0.3) is 0 Å². The quantitative estimate of drug-likeness (QED) is 0.0379. The van der Waals surface area contributed by atoms with E-state index in [1.807, 2.05) is 32.9 Å². The van der Waals surface area contributed by atoms with Gasteiger partial charge in [0.15, 0.2) is 0 Å². The molecule has 0 aromatic rings. The number of hydrogen-bond acceptors (Lipinski definition) is 6. The summed E-state index contributed by atoms with van der Waals surface area (Å²) in [6, 6.07) is 0. The molecule has 3 atom stereocenters. The van der Waals surface area contributed by atoms with Gasteiger partial charge >= 0.3 is 7.82 Å². The Hall–Kier alpha value is 0.340. The molecule has 0 aliphatic carbocycles.